The standard InChI is InChI=1S/C26H32N4O2/c1-19-25(20(2)30(28-19)18-21-11-5-4-6-12-21)26(31)27-17-23(29-15-9-10-16-29)22-13-7-8-14-24(22)32-3/h4-8,11-14,23H,9-10,15-18H2,1-3H3,(H,27,31). The molecular formula is C26H32N4O2. The Morgan fingerprint density at radius 1 is 1.06 bits per heavy atom. The highest BCUT2D eigenvalue weighted by atomic mass is 16.5. The summed E-state index contributed by atoms with van der Waals surface area (Å²) < 4.78 is 7.54. The van der Waals surface area contributed by atoms with Crippen LogP contribution < -0.4 is 10.1 Å². The van der Waals surface area contributed by atoms with Crippen molar-refractivity contribution in [1.82, 2.24) is 20.0 Å². The molecule has 0 radical (unpaired) electrons. The number of benzene rings is 2. The van der Waals surface area contributed by atoms with Gasteiger partial charge in [-0.15, -0.1) is 0 Å². The number of ether oxygens (including phenoxy) is 1. The number of hydrogen-bond donors (Lipinski definition) is 1. The molecule has 1 aliphatic rings. The van der Waals surface area contributed by atoms with Crippen molar-refractivity contribution in [3.8, 4) is 5.75 Å². The molecule has 1 N–H and O–H groups in total. The second-order valence-corrected chi connectivity index (χ2v) is 8.40. The highest BCUT2D eigenvalue weighted by Gasteiger charge is 2.27. The maximum atomic E-state index is 13.2. The summed E-state index contributed by atoms with van der Waals surface area (Å²) in [5.41, 5.74) is 4.59. The lowest BCUT2D eigenvalue weighted by atomic mass is 10.0. The Hall–Kier alpha value is -3.12. The molecule has 0 saturated carbocycles. The van der Waals surface area contributed by atoms with Gasteiger partial charge in [0.2, 0.25) is 0 Å². The zero-order chi connectivity index (χ0) is 22.5. The molecule has 1 aliphatic heterocycles. The van der Waals surface area contributed by atoms with E-state index in [4.69, 9.17) is 4.74 Å². The molecule has 2 heterocycles. The molecule has 1 unspecified atom stereocenters. The summed E-state index contributed by atoms with van der Waals surface area (Å²) in [7, 11) is 1.70. The van der Waals surface area contributed by atoms with Crippen LogP contribution in [0.5, 0.6) is 5.75 Å². The number of rotatable bonds is 8. The molecule has 1 fully saturated rings. The molecule has 6 heteroatoms. The van der Waals surface area contributed by atoms with Crippen molar-refractivity contribution in [3.05, 3.63) is 82.7 Å². The number of hydrogen-bond acceptors (Lipinski definition) is 4. The highest BCUT2D eigenvalue weighted by Crippen LogP contribution is 2.31. The molecule has 0 spiro atoms. The van der Waals surface area contributed by atoms with Crippen LogP contribution in [-0.2, 0) is 6.54 Å². The van der Waals surface area contributed by atoms with Gasteiger partial charge in [0.1, 0.15) is 5.75 Å². The number of aryl methyl sites for hydroxylation is 1. The molecule has 1 aromatic heterocycles. The van der Waals surface area contributed by atoms with Crippen molar-refractivity contribution >= 4 is 5.91 Å². The topological polar surface area (TPSA) is 59.4 Å². The van der Waals surface area contributed by atoms with Crippen LogP contribution in [0.4, 0.5) is 0 Å². The third-order valence-electron chi connectivity index (χ3n) is 6.32. The number of carbonyl (C=O) groups excluding carboxylic acids is 1. The summed E-state index contributed by atoms with van der Waals surface area (Å²) in [6.07, 6.45) is 2.37. The van der Waals surface area contributed by atoms with Gasteiger partial charge in [-0.25, -0.2) is 0 Å². The Morgan fingerprint density at radius 3 is 2.47 bits per heavy atom. The van der Waals surface area contributed by atoms with E-state index in [-0.39, 0.29) is 11.9 Å². The van der Waals surface area contributed by atoms with Gasteiger partial charge in [-0.3, -0.25) is 14.4 Å². The van der Waals surface area contributed by atoms with Crippen LogP contribution in [0.1, 0.15) is 51.8 Å². The fourth-order valence-electron chi connectivity index (χ4n) is 4.64. The van der Waals surface area contributed by atoms with Crippen LogP contribution in [0.2, 0.25) is 0 Å². The molecule has 0 aliphatic carbocycles. The predicted octanol–water partition coefficient (Wildman–Crippen LogP) is 4.12. The maximum absolute atomic E-state index is 13.2. The van der Waals surface area contributed by atoms with Crippen molar-refractivity contribution in [2.24, 2.45) is 0 Å². The number of aromatic nitrogens is 2. The van der Waals surface area contributed by atoms with Crippen molar-refractivity contribution in [3.63, 3.8) is 0 Å². The first-order valence-corrected chi connectivity index (χ1v) is 11.3. The fourth-order valence-corrected chi connectivity index (χ4v) is 4.64. The summed E-state index contributed by atoms with van der Waals surface area (Å²) in [5.74, 6) is 0.792. The Labute approximate surface area is 190 Å². The van der Waals surface area contributed by atoms with Crippen molar-refractivity contribution in [2.45, 2.75) is 39.3 Å². The molecule has 3 aromatic rings. The first-order valence-electron chi connectivity index (χ1n) is 11.3. The Balaban J connectivity index is 1.52. The van der Waals surface area contributed by atoms with Gasteiger partial charge in [0.25, 0.3) is 5.91 Å². The average Bonchev–Trinajstić information content (AvgIpc) is 3.43. The molecule has 4 rings (SSSR count). The van der Waals surface area contributed by atoms with Crippen molar-refractivity contribution < 1.29 is 9.53 Å². The quantitative estimate of drug-likeness (QED) is 0.582. The lowest BCUT2D eigenvalue weighted by molar-refractivity contribution is 0.0936. The molecule has 1 saturated heterocycles. The van der Waals surface area contributed by atoms with E-state index in [1.165, 1.54) is 12.8 Å². The van der Waals surface area contributed by atoms with Crippen LogP contribution >= 0.6 is 0 Å². The van der Waals surface area contributed by atoms with Crippen LogP contribution in [0.25, 0.3) is 0 Å². The van der Waals surface area contributed by atoms with Crippen LogP contribution in [0.15, 0.2) is 54.6 Å². The minimum absolute atomic E-state index is 0.0709. The van der Waals surface area contributed by atoms with E-state index in [1.54, 1.807) is 7.11 Å². The van der Waals surface area contributed by atoms with E-state index >= 15 is 0 Å². The van der Waals surface area contributed by atoms with Crippen LogP contribution in [0.3, 0.4) is 0 Å². The number of nitrogens with one attached hydrogen (secondary N) is 1. The van der Waals surface area contributed by atoms with Gasteiger partial charge in [-0.1, -0.05) is 48.5 Å². The van der Waals surface area contributed by atoms with Gasteiger partial charge in [-0.05, 0) is 51.4 Å². The van der Waals surface area contributed by atoms with E-state index in [0.29, 0.717) is 18.7 Å². The average molecular weight is 433 g/mol. The number of para-hydroxylation sites is 1. The molecule has 0 bridgehead atoms. The summed E-state index contributed by atoms with van der Waals surface area (Å²) in [6.45, 7) is 7.12. The van der Waals surface area contributed by atoms with Gasteiger partial charge >= 0.3 is 0 Å². The van der Waals surface area contributed by atoms with E-state index in [9.17, 15) is 4.79 Å². The van der Waals surface area contributed by atoms with E-state index in [0.717, 1.165) is 41.4 Å². The second-order valence-electron chi connectivity index (χ2n) is 8.40. The Kier molecular flexibility index (Phi) is 6.90. The van der Waals surface area contributed by atoms with Crippen molar-refractivity contribution in [1.29, 1.82) is 0 Å². The SMILES string of the molecule is COc1ccccc1C(CNC(=O)c1c(C)nn(Cc2ccccc2)c1C)N1CCCC1. The molecular weight excluding hydrogens is 400 g/mol. The largest absolute Gasteiger partial charge is 0.496 e. The van der Waals surface area contributed by atoms with Gasteiger partial charge in [0.05, 0.1) is 31.0 Å². The number of amides is 1. The van der Waals surface area contributed by atoms with Gasteiger partial charge in [0, 0.05) is 17.8 Å². The number of likely N-dealkylation sites (tertiary alicyclic amines) is 1. The Morgan fingerprint density at radius 2 is 1.75 bits per heavy atom. The monoisotopic (exact) mass is 432 g/mol. The summed E-state index contributed by atoms with van der Waals surface area (Å²) in [4.78, 5) is 15.7. The van der Waals surface area contributed by atoms with E-state index < -0.39 is 0 Å². The molecule has 1 amide bonds. The fraction of sp³-hybridized carbons (Fsp3) is 0.385. The number of carbonyl (C=O) groups is 1. The molecule has 2 aromatic carbocycles. The lowest BCUT2D eigenvalue weighted by Gasteiger charge is -2.29. The van der Waals surface area contributed by atoms with Crippen LogP contribution in [-0.4, -0.2) is 47.3 Å². The predicted molar refractivity (Wildman–Crippen MR) is 126 cm³/mol. The smallest absolute Gasteiger partial charge is 0.255 e. The number of methoxy groups -OCH3 is 1. The summed E-state index contributed by atoms with van der Waals surface area (Å²) >= 11 is 0. The van der Waals surface area contributed by atoms with Gasteiger partial charge in [-0.2, -0.15) is 5.10 Å². The Bertz CT molecular complexity index is 1050. The molecule has 1 atom stereocenters. The molecule has 168 valence electrons. The third kappa shape index (κ3) is 4.70. The van der Waals surface area contributed by atoms with Crippen LogP contribution in [0, 0.1) is 13.8 Å². The van der Waals surface area contributed by atoms with Crippen molar-refractivity contribution in [2.75, 3.05) is 26.7 Å². The summed E-state index contributed by atoms with van der Waals surface area (Å²) in [6, 6.07) is 18.4. The third-order valence-corrected chi connectivity index (χ3v) is 6.32. The second kappa shape index (κ2) is 10.0. The highest BCUT2D eigenvalue weighted by molar-refractivity contribution is 5.96. The molecule has 32 heavy (non-hydrogen) atoms. The minimum atomic E-state index is -0.0709. The first-order chi connectivity index (χ1) is 15.6. The normalized spacial score (nSPS) is 15.0. The van der Waals surface area contributed by atoms with Gasteiger partial charge < -0.3 is 10.1 Å². The summed E-state index contributed by atoms with van der Waals surface area (Å²) in [5, 5.41) is 7.84. The first kappa shape index (κ1) is 22.1. The number of nitrogens with zero attached hydrogens (tertiary/aromatic N) is 3. The van der Waals surface area contributed by atoms with E-state index in [2.05, 4.69) is 33.5 Å². The van der Waals surface area contributed by atoms with Gasteiger partial charge in [0.15, 0.2) is 0 Å². The van der Waals surface area contributed by atoms with E-state index in [1.807, 2.05) is 54.9 Å². The molecule has 6 nitrogen and oxygen atoms in total. The zero-order valence-corrected chi connectivity index (χ0v) is 19.2. The zero-order valence-electron chi connectivity index (χ0n) is 19.2. The maximum Gasteiger partial charge on any atom is 0.255 e. The minimum Gasteiger partial charge on any atom is -0.496 e. The lowest BCUT2D eigenvalue weighted by Crippen LogP contribution is -2.37.